The van der Waals surface area contributed by atoms with Crippen molar-refractivity contribution in [3.8, 4) is 11.5 Å². The highest BCUT2D eigenvalue weighted by Crippen LogP contribution is 2.35. The number of nitrogens with one attached hydrogen (secondary N) is 1. The van der Waals surface area contributed by atoms with Crippen molar-refractivity contribution in [3.63, 3.8) is 0 Å². The largest absolute Gasteiger partial charge is 0.467 e. The molecule has 7 nitrogen and oxygen atoms in total. The maximum atomic E-state index is 13.7. The van der Waals surface area contributed by atoms with Gasteiger partial charge in [0.15, 0.2) is 0 Å². The minimum absolute atomic E-state index is 0.123. The van der Waals surface area contributed by atoms with Crippen molar-refractivity contribution in [2.45, 2.75) is 64.2 Å². The second kappa shape index (κ2) is 8.04. The first-order chi connectivity index (χ1) is 15.5. The maximum absolute atomic E-state index is 13.7. The first kappa shape index (κ1) is 20.7. The van der Waals surface area contributed by atoms with Gasteiger partial charge in [0.25, 0.3) is 5.91 Å². The van der Waals surface area contributed by atoms with Crippen LogP contribution in [0.3, 0.4) is 0 Å². The molecule has 3 aromatic rings. The summed E-state index contributed by atoms with van der Waals surface area (Å²) < 4.78 is 13.0. The van der Waals surface area contributed by atoms with Crippen molar-refractivity contribution >= 4 is 11.8 Å². The van der Waals surface area contributed by atoms with Crippen molar-refractivity contribution in [3.05, 3.63) is 60.4 Å². The number of hydrogen-bond donors (Lipinski definition) is 1. The zero-order chi connectivity index (χ0) is 22.3. The molecular formula is C25H29N3O4. The molecule has 2 amide bonds. The molecular weight excluding hydrogens is 406 g/mol. The summed E-state index contributed by atoms with van der Waals surface area (Å²) >= 11 is 0. The predicted octanol–water partition coefficient (Wildman–Crippen LogP) is 4.45. The molecule has 0 saturated heterocycles. The van der Waals surface area contributed by atoms with E-state index >= 15 is 0 Å². The van der Waals surface area contributed by atoms with Gasteiger partial charge in [0.05, 0.1) is 31.3 Å². The molecule has 3 aromatic heterocycles. The summed E-state index contributed by atoms with van der Waals surface area (Å²) in [6.45, 7) is 4.68. The molecule has 1 unspecified atom stereocenters. The molecule has 1 N–H and O–H groups in total. The molecule has 1 aliphatic heterocycles. The van der Waals surface area contributed by atoms with E-state index in [-0.39, 0.29) is 24.4 Å². The summed E-state index contributed by atoms with van der Waals surface area (Å²) in [5.74, 6) is 1.70. The highest BCUT2D eigenvalue weighted by Gasteiger charge is 2.48. The van der Waals surface area contributed by atoms with E-state index < -0.39 is 5.54 Å². The first-order valence-corrected chi connectivity index (χ1v) is 11.3. The molecule has 1 aliphatic carbocycles. The number of fused-ring (bicyclic) bond motifs is 1. The van der Waals surface area contributed by atoms with Gasteiger partial charge < -0.3 is 23.6 Å². The standard InChI is InChI=1S/C25H29N3O4/c1-17-7-9-18(10-8-17)26-24(30)25(2)16-27-20(22-6-4-14-32-22)11-12-21(27)23(29)28(25)15-19-5-3-13-31-19/h3-6,11-14,17-18H,7-10,15-16H2,1-2H3,(H,26,30). The Balaban J connectivity index is 1.50. The zero-order valence-corrected chi connectivity index (χ0v) is 18.5. The minimum Gasteiger partial charge on any atom is -0.467 e. The molecule has 1 saturated carbocycles. The number of aromatic nitrogens is 1. The van der Waals surface area contributed by atoms with Crippen LogP contribution in [0, 0.1) is 5.92 Å². The third-order valence-corrected chi connectivity index (χ3v) is 7.01. The molecule has 0 bridgehead atoms. The Kier molecular flexibility index (Phi) is 5.19. The van der Waals surface area contributed by atoms with Crippen LogP contribution in [0.1, 0.15) is 55.8 Å². The Bertz CT molecular complexity index is 1090. The fourth-order valence-electron chi connectivity index (χ4n) is 4.96. The number of furan rings is 2. The Labute approximate surface area is 187 Å². The number of hydrogen-bond acceptors (Lipinski definition) is 4. The van der Waals surface area contributed by atoms with Crippen molar-refractivity contribution in [2.75, 3.05) is 0 Å². The molecule has 1 atom stereocenters. The summed E-state index contributed by atoms with van der Waals surface area (Å²) in [5.41, 5.74) is 0.265. The van der Waals surface area contributed by atoms with Crippen molar-refractivity contribution in [2.24, 2.45) is 5.92 Å². The quantitative estimate of drug-likeness (QED) is 0.642. The van der Waals surface area contributed by atoms with Gasteiger partial charge in [-0.05, 0) is 74.9 Å². The topological polar surface area (TPSA) is 80.6 Å². The molecule has 5 rings (SSSR count). The van der Waals surface area contributed by atoms with Gasteiger partial charge >= 0.3 is 0 Å². The van der Waals surface area contributed by atoms with Gasteiger partial charge in [-0.2, -0.15) is 0 Å². The van der Waals surface area contributed by atoms with Gasteiger partial charge in [0, 0.05) is 6.04 Å². The van der Waals surface area contributed by atoms with Gasteiger partial charge in [-0.3, -0.25) is 9.59 Å². The lowest BCUT2D eigenvalue weighted by Crippen LogP contribution is -2.64. The number of rotatable bonds is 5. The second-order valence-electron chi connectivity index (χ2n) is 9.34. The molecule has 32 heavy (non-hydrogen) atoms. The van der Waals surface area contributed by atoms with E-state index in [1.165, 1.54) is 0 Å². The molecule has 0 radical (unpaired) electrons. The van der Waals surface area contributed by atoms with Crippen LogP contribution in [-0.4, -0.2) is 32.9 Å². The van der Waals surface area contributed by atoms with Crippen LogP contribution in [0.15, 0.2) is 57.8 Å². The number of nitrogens with zero attached hydrogens (tertiary/aromatic N) is 2. The van der Waals surface area contributed by atoms with Gasteiger partial charge in [0.1, 0.15) is 22.8 Å². The minimum atomic E-state index is -1.07. The van der Waals surface area contributed by atoms with E-state index in [2.05, 4.69) is 12.2 Å². The Morgan fingerprint density at radius 3 is 2.47 bits per heavy atom. The smallest absolute Gasteiger partial charge is 0.271 e. The van der Waals surface area contributed by atoms with Crippen LogP contribution in [0.5, 0.6) is 0 Å². The zero-order valence-electron chi connectivity index (χ0n) is 18.5. The normalized spacial score (nSPS) is 25.6. The average molecular weight is 436 g/mol. The molecule has 1 fully saturated rings. The van der Waals surface area contributed by atoms with Crippen molar-refractivity contribution in [1.82, 2.24) is 14.8 Å². The lowest BCUT2D eigenvalue weighted by Gasteiger charge is -2.44. The third-order valence-electron chi connectivity index (χ3n) is 7.01. The number of carbonyl (C=O) groups excluding carboxylic acids is 2. The van der Waals surface area contributed by atoms with Gasteiger partial charge in [0.2, 0.25) is 5.91 Å². The summed E-state index contributed by atoms with van der Waals surface area (Å²) in [7, 11) is 0. The summed E-state index contributed by atoms with van der Waals surface area (Å²) in [6, 6.07) is 11.1. The fraction of sp³-hybridized carbons (Fsp3) is 0.440. The van der Waals surface area contributed by atoms with Gasteiger partial charge in [-0.25, -0.2) is 0 Å². The van der Waals surface area contributed by atoms with Crippen LogP contribution in [-0.2, 0) is 17.9 Å². The highest BCUT2D eigenvalue weighted by molar-refractivity contribution is 6.00. The van der Waals surface area contributed by atoms with Crippen LogP contribution in [0.4, 0.5) is 0 Å². The van der Waals surface area contributed by atoms with Crippen LogP contribution < -0.4 is 5.32 Å². The lowest BCUT2D eigenvalue weighted by atomic mass is 9.86. The SMILES string of the molecule is CC1CCC(NC(=O)C2(C)Cn3c(ccc3-c3ccco3)C(=O)N2Cc2ccco2)CC1. The first-order valence-electron chi connectivity index (χ1n) is 11.3. The van der Waals surface area contributed by atoms with Gasteiger partial charge in [-0.1, -0.05) is 6.92 Å². The molecule has 2 aliphatic rings. The van der Waals surface area contributed by atoms with E-state index in [1.54, 1.807) is 29.6 Å². The molecule has 4 heterocycles. The van der Waals surface area contributed by atoms with Crippen molar-refractivity contribution < 1.29 is 18.4 Å². The van der Waals surface area contributed by atoms with E-state index in [9.17, 15) is 9.59 Å². The molecule has 0 aromatic carbocycles. The lowest BCUT2D eigenvalue weighted by molar-refractivity contribution is -0.134. The summed E-state index contributed by atoms with van der Waals surface area (Å²) in [5, 5.41) is 3.26. The summed E-state index contributed by atoms with van der Waals surface area (Å²) in [4.78, 5) is 29.0. The highest BCUT2D eigenvalue weighted by atomic mass is 16.3. The van der Waals surface area contributed by atoms with Crippen LogP contribution in [0.2, 0.25) is 0 Å². The Morgan fingerprint density at radius 1 is 1.06 bits per heavy atom. The monoisotopic (exact) mass is 435 g/mol. The Morgan fingerprint density at radius 2 is 1.78 bits per heavy atom. The molecule has 168 valence electrons. The maximum Gasteiger partial charge on any atom is 0.271 e. The fourth-order valence-corrected chi connectivity index (χ4v) is 4.96. The predicted molar refractivity (Wildman–Crippen MR) is 119 cm³/mol. The van der Waals surface area contributed by atoms with E-state index in [0.29, 0.717) is 29.7 Å². The van der Waals surface area contributed by atoms with Gasteiger partial charge in [-0.15, -0.1) is 0 Å². The third kappa shape index (κ3) is 3.55. The van der Waals surface area contributed by atoms with Crippen LogP contribution in [0.25, 0.3) is 11.5 Å². The molecule has 0 spiro atoms. The van der Waals surface area contributed by atoms with E-state index in [0.717, 1.165) is 31.4 Å². The number of amides is 2. The summed E-state index contributed by atoms with van der Waals surface area (Å²) in [6.07, 6.45) is 7.37. The average Bonchev–Trinajstić information content (AvgIpc) is 3.54. The van der Waals surface area contributed by atoms with E-state index in [1.807, 2.05) is 35.8 Å². The molecule has 7 heteroatoms. The Hall–Kier alpha value is -3.22. The van der Waals surface area contributed by atoms with E-state index in [4.69, 9.17) is 8.83 Å². The number of carbonyl (C=O) groups is 2. The van der Waals surface area contributed by atoms with Crippen molar-refractivity contribution in [1.29, 1.82) is 0 Å². The van der Waals surface area contributed by atoms with Crippen LogP contribution >= 0.6 is 0 Å². The second-order valence-corrected chi connectivity index (χ2v) is 9.34.